The summed E-state index contributed by atoms with van der Waals surface area (Å²) in [6.45, 7) is 5.40. The van der Waals surface area contributed by atoms with Gasteiger partial charge in [-0.2, -0.15) is 0 Å². The monoisotopic (exact) mass is 735 g/mol. The Morgan fingerprint density at radius 3 is 2.43 bits per heavy atom. The van der Waals surface area contributed by atoms with Crippen molar-refractivity contribution < 1.29 is 32.9 Å². The first-order valence-electron chi connectivity index (χ1n) is 17.8. The lowest BCUT2D eigenvalue weighted by Crippen LogP contribution is -2.33. The third-order valence-electron chi connectivity index (χ3n) is 9.77. The van der Waals surface area contributed by atoms with E-state index >= 15 is 4.39 Å². The van der Waals surface area contributed by atoms with Crippen molar-refractivity contribution in [3.05, 3.63) is 100 Å². The van der Waals surface area contributed by atoms with Crippen molar-refractivity contribution in [2.75, 3.05) is 52.5 Å². The second-order valence-electron chi connectivity index (χ2n) is 13.5. The minimum atomic E-state index is -0.918. The van der Waals surface area contributed by atoms with Gasteiger partial charge >= 0.3 is 0 Å². The van der Waals surface area contributed by atoms with Gasteiger partial charge in [0.15, 0.2) is 11.5 Å². The summed E-state index contributed by atoms with van der Waals surface area (Å²) < 4.78 is 46.5. The first-order chi connectivity index (χ1) is 26.2. The molecule has 2 aliphatic rings. The maximum absolute atomic E-state index is 16.4. The van der Waals surface area contributed by atoms with Crippen molar-refractivity contribution in [3.8, 4) is 56.3 Å². The average Bonchev–Trinajstić information content (AvgIpc) is 3.19. The number of rotatable bonds is 11. The number of amides is 1. The predicted octanol–water partition coefficient (Wildman–Crippen LogP) is 5.66. The van der Waals surface area contributed by atoms with Gasteiger partial charge in [-0.05, 0) is 67.1 Å². The Labute approximate surface area is 311 Å². The number of hydrogen-bond acceptors (Lipinski definition) is 10. The van der Waals surface area contributed by atoms with E-state index in [-0.39, 0.29) is 40.2 Å². The van der Waals surface area contributed by atoms with E-state index in [0.29, 0.717) is 80.1 Å². The maximum atomic E-state index is 16.4. The molecule has 0 spiro atoms. The molecule has 0 bridgehead atoms. The second kappa shape index (κ2) is 16.2. The van der Waals surface area contributed by atoms with Gasteiger partial charge in [0.25, 0.3) is 5.91 Å². The Kier molecular flexibility index (Phi) is 11.0. The number of aromatic nitrogens is 3. The van der Waals surface area contributed by atoms with Crippen LogP contribution in [0, 0.1) is 18.7 Å². The first kappa shape index (κ1) is 36.7. The van der Waals surface area contributed by atoms with Crippen LogP contribution in [0.25, 0.3) is 44.8 Å². The fourth-order valence-corrected chi connectivity index (χ4v) is 6.88. The fourth-order valence-electron chi connectivity index (χ4n) is 6.88. The molecule has 0 radical (unpaired) electrons. The molecule has 4 N–H and O–H groups in total. The summed E-state index contributed by atoms with van der Waals surface area (Å²) in [6, 6.07) is 15.3. The van der Waals surface area contributed by atoms with E-state index in [1.807, 2.05) is 29.7 Å². The standard InChI is InChI=1S/C41H42FN5O7/c1-24-3-7-34(45-18-24)32-21-47(20-25-9-11-51-12-10-25)38(37(39(32)48)41(44)49)27-4-6-30(33(42)16-27)31-15-28(19-46-40(31)43)26-5-8-35(36(17-26)50-2)54-23-29-22-52-13-14-53-29/h3-8,15-19,21,25,29H,9-14,20,22-23H2,1-2H3,(H2,43,46)(H2,44,49)/t29-/m1/s1. The van der Waals surface area contributed by atoms with Gasteiger partial charge in [-0.3, -0.25) is 14.6 Å². The molecule has 13 heteroatoms. The molecular weight excluding hydrogens is 693 g/mol. The van der Waals surface area contributed by atoms with Crippen LogP contribution in [0.5, 0.6) is 11.5 Å². The summed E-state index contributed by atoms with van der Waals surface area (Å²) in [4.78, 5) is 35.9. The first-order valence-corrected chi connectivity index (χ1v) is 17.8. The SMILES string of the molecule is COc1cc(-c2cnc(N)c(-c3ccc(-c4c(C(N)=O)c(=O)c(-c5ccc(C)cn5)cn4CC4CCOCC4)cc3F)c2)ccc1OC[C@H]1COCCO1. The highest BCUT2D eigenvalue weighted by Gasteiger charge is 2.26. The van der Waals surface area contributed by atoms with Gasteiger partial charge in [-0.1, -0.05) is 24.3 Å². The normalized spacial score (nSPS) is 16.2. The number of nitrogens with two attached hydrogens (primary N) is 2. The van der Waals surface area contributed by atoms with Crippen LogP contribution in [0.2, 0.25) is 0 Å². The lowest BCUT2D eigenvalue weighted by molar-refractivity contribution is -0.101. The molecule has 2 saturated heterocycles. The number of carbonyl (C=O) groups is 1. The molecule has 0 saturated carbocycles. The largest absolute Gasteiger partial charge is 0.493 e. The quantitative estimate of drug-likeness (QED) is 0.173. The highest BCUT2D eigenvalue weighted by atomic mass is 19.1. The van der Waals surface area contributed by atoms with Crippen LogP contribution in [0.4, 0.5) is 10.2 Å². The molecule has 1 atom stereocenters. The van der Waals surface area contributed by atoms with Crippen molar-refractivity contribution >= 4 is 11.7 Å². The van der Waals surface area contributed by atoms with Crippen molar-refractivity contribution in [1.82, 2.24) is 14.5 Å². The number of pyridine rings is 3. The smallest absolute Gasteiger partial charge is 0.254 e. The van der Waals surface area contributed by atoms with Crippen LogP contribution in [0.3, 0.4) is 0 Å². The van der Waals surface area contributed by atoms with Gasteiger partial charge in [0, 0.05) is 60.6 Å². The Morgan fingerprint density at radius 1 is 0.907 bits per heavy atom. The number of nitrogens with zero attached hydrogens (tertiary/aromatic N) is 3. The average molecular weight is 736 g/mol. The van der Waals surface area contributed by atoms with E-state index in [0.717, 1.165) is 24.0 Å². The van der Waals surface area contributed by atoms with Gasteiger partial charge in [-0.15, -0.1) is 0 Å². The highest BCUT2D eigenvalue weighted by Crippen LogP contribution is 2.37. The van der Waals surface area contributed by atoms with Gasteiger partial charge in [0.1, 0.15) is 29.9 Å². The lowest BCUT2D eigenvalue weighted by atomic mass is 9.95. The molecule has 0 unspecified atom stereocenters. The van der Waals surface area contributed by atoms with Gasteiger partial charge < -0.3 is 39.7 Å². The summed E-state index contributed by atoms with van der Waals surface area (Å²) in [6.07, 6.45) is 6.36. The molecule has 1 amide bonds. The van der Waals surface area contributed by atoms with E-state index in [1.165, 1.54) is 6.07 Å². The second-order valence-corrected chi connectivity index (χ2v) is 13.5. The number of nitrogen functional groups attached to an aromatic ring is 1. The van der Waals surface area contributed by atoms with Crippen LogP contribution in [0.15, 0.2) is 78.0 Å². The summed E-state index contributed by atoms with van der Waals surface area (Å²) in [5.41, 5.74) is 15.5. The van der Waals surface area contributed by atoms with Crippen LogP contribution in [-0.2, 0) is 20.8 Å². The number of benzene rings is 2. The molecule has 54 heavy (non-hydrogen) atoms. The van der Waals surface area contributed by atoms with E-state index in [4.69, 9.17) is 35.2 Å². The Morgan fingerprint density at radius 2 is 1.72 bits per heavy atom. The molecule has 2 aromatic carbocycles. The van der Waals surface area contributed by atoms with Crippen LogP contribution >= 0.6 is 0 Å². The Bertz CT molecular complexity index is 2210. The van der Waals surface area contributed by atoms with Crippen molar-refractivity contribution in [2.24, 2.45) is 11.7 Å². The maximum Gasteiger partial charge on any atom is 0.254 e. The number of ether oxygens (including phenoxy) is 5. The van der Waals surface area contributed by atoms with E-state index < -0.39 is 17.2 Å². The summed E-state index contributed by atoms with van der Waals surface area (Å²) in [5, 5.41) is 0. The molecule has 7 rings (SSSR count). The van der Waals surface area contributed by atoms with Crippen LogP contribution in [0.1, 0.15) is 28.8 Å². The number of primary amides is 1. The number of halogens is 1. The zero-order valence-electron chi connectivity index (χ0n) is 30.2. The Hall–Kier alpha value is -5.63. The molecule has 280 valence electrons. The summed E-state index contributed by atoms with van der Waals surface area (Å²) >= 11 is 0. The fraction of sp³-hybridized carbons (Fsp3) is 0.317. The topological polar surface area (TPSA) is 163 Å². The molecular formula is C41H42FN5O7. The molecule has 0 aliphatic carbocycles. The zero-order chi connectivity index (χ0) is 37.8. The molecule has 3 aromatic heterocycles. The number of aryl methyl sites for hydroxylation is 1. The predicted molar refractivity (Wildman–Crippen MR) is 202 cm³/mol. The molecule has 5 aromatic rings. The third kappa shape index (κ3) is 7.84. The van der Waals surface area contributed by atoms with E-state index in [9.17, 15) is 9.59 Å². The lowest BCUT2D eigenvalue weighted by Gasteiger charge is -2.26. The van der Waals surface area contributed by atoms with Crippen molar-refractivity contribution in [3.63, 3.8) is 0 Å². The number of carbonyl (C=O) groups excluding carboxylic acids is 1. The number of hydrogen-bond donors (Lipinski definition) is 2. The number of methoxy groups -OCH3 is 1. The summed E-state index contributed by atoms with van der Waals surface area (Å²) in [5.74, 6) is -0.196. The van der Waals surface area contributed by atoms with Crippen LogP contribution < -0.4 is 26.4 Å². The van der Waals surface area contributed by atoms with Gasteiger partial charge in [0.05, 0.1) is 43.9 Å². The van der Waals surface area contributed by atoms with Gasteiger partial charge in [0.2, 0.25) is 5.43 Å². The Balaban J connectivity index is 1.25. The van der Waals surface area contributed by atoms with Crippen molar-refractivity contribution in [2.45, 2.75) is 32.4 Å². The third-order valence-corrected chi connectivity index (χ3v) is 9.77. The van der Waals surface area contributed by atoms with E-state index in [1.54, 1.807) is 56.0 Å². The minimum absolute atomic E-state index is 0.122. The highest BCUT2D eigenvalue weighted by molar-refractivity contribution is 6.00. The molecule has 2 aliphatic heterocycles. The summed E-state index contributed by atoms with van der Waals surface area (Å²) in [7, 11) is 1.55. The van der Waals surface area contributed by atoms with Crippen molar-refractivity contribution in [1.29, 1.82) is 0 Å². The van der Waals surface area contributed by atoms with E-state index in [2.05, 4.69) is 9.97 Å². The molecule has 5 heterocycles. The van der Waals surface area contributed by atoms with Gasteiger partial charge in [-0.25, -0.2) is 9.37 Å². The van der Waals surface area contributed by atoms with Crippen LogP contribution in [-0.4, -0.2) is 73.3 Å². The minimum Gasteiger partial charge on any atom is -0.493 e. The molecule has 12 nitrogen and oxygen atoms in total. The molecule has 2 fully saturated rings. The zero-order valence-corrected chi connectivity index (χ0v) is 30.2. The number of anilines is 1.